The van der Waals surface area contributed by atoms with Gasteiger partial charge in [0.25, 0.3) is 0 Å². The largest absolute Gasteiger partial charge is 0.448 e. The number of hydrogen-bond donors (Lipinski definition) is 1. The zero-order valence-electron chi connectivity index (χ0n) is 20.4. The molecule has 1 heterocycles. The third-order valence-corrected chi connectivity index (χ3v) is 7.53. The molecule has 2 aliphatic rings. The van der Waals surface area contributed by atoms with Crippen molar-refractivity contribution >= 4 is 11.8 Å². The maximum atomic E-state index is 12.9. The Morgan fingerprint density at radius 3 is 2.20 bits per heavy atom. The van der Waals surface area contributed by atoms with Gasteiger partial charge in [0.1, 0.15) is 6.61 Å². The number of nitrogens with zero attached hydrogens (tertiary/aromatic N) is 2. The number of nitrogens with two attached hydrogens (primary N) is 1. The molecule has 1 aliphatic heterocycles. The van der Waals surface area contributed by atoms with Gasteiger partial charge in [0.15, 0.2) is 0 Å². The number of nitrogen functional groups attached to an aromatic ring is 1. The zero-order valence-corrected chi connectivity index (χ0v) is 20.4. The van der Waals surface area contributed by atoms with Crippen molar-refractivity contribution in [3.63, 3.8) is 0 Å². The lowest BCUT2D eigenvalue weighted by molar-refractivity contribution is 0.0728. The van der Waals surface area contributed by atoms with Gasteiger partial charge in [-0.2, -0.15) is 0 Å². The van der Waals surface area contributed by atoms with Crippen molar-refractivity contribution in [3.8, 4) is 23.5 Å². The molecule has 0 aromatic heterocycles. The summed E-state index contributed by atoms with van der Waals surface area (Å²) in [6.07, 6.45) is 5.43. The van der Waals surface area contributed by atoms with Gasteiger partial charge in [-0.3, -0.25) is 4.90 Å². The van der Waals surface area contributed by atoms with Crippen molar-refractivity contribution in [1.82, 2.24) is 9.80 Å². The van der Waals surface area contributed by atoms with Crippen molar-refractivity contribution in [2.45, 2.75) is 26.3 Å². The van der Waals surface area contributed by atoms with E-state index < -0.39 is 0 Å². The summed E-state index contributed by atoms with van der Waals surface area (Å²) in [4.78, 5) is 17.1. The predicted molar refractivity (Wildman–Crippen MR) is 140 cm³/mol. The molecule has 35 heavy (non-hydrogen) atoms. The molecule has 1 fully saturated rings. The smallest absolute Gasteiger partial charge is 0.409 e. The van der Waals surface area contributed by atoms with Crippen molar-refractivity contribution < 1.29 is 9.53 Å². The lowest BCUT2D eigenvalue weighted by atomic mass is 9.97. The van der Waals surface area contributed by atoms with Crippen molar-refractivity contribution in [2.24, 2.45) is 0 Å². The molecule has 178 valence electrons. The standard InChI is InChI=1S/C30H31N3O2/c1-4-22-17-23(21(3)29(31)20(22)2)18-32-13-15-33(16-14-32)30(34)35-19-28-26-11-7-5-9-24(26)25-10-6-8-12-27(25)28/h1,5-12,17,28H,13-16,18-19,31H2,2-3H3. The second-order valence-electron chi connectivity index (χ2n) is 9.46. The van der Waals surface area contributed by atoms with Gasteiger partial charge in [0.05, 0.1) is 0 Å². The Morgan fingerprint density at radius 2 is 1.60 bits per heavy atom. The first kappa shape index (κ1) is 23.0. The van der Waals surface area contributed by atoms with E-state index in [2.05, 4.69) is 65.4 Å². The molecule has 3 aromatic carbocycles. The molecule has 2 N–H and O–H groups in total. The first-order valence-electron chi connectivity index (χ1n) is 12.2. The highest BCUT2D eigenvalue weighted by atomic mass is 16.6. The lowest BCUT2D eigenvalue weighted by Gasteiger charge is -2.34. The summed E-state index contributed by atoms with van der Waals surface area (Å²) in [5.74, 6) is 2.82. The van der Waals surface area contributed by atoms with E-state index in [1.807, 2.05) is 18.7 Å². The minimum absolute atomic E-state index is 0.0768. The number of amides is 1. The summed E-state index contributed by atoms with van der Waals surface area (Å²) >= 11 is 0. The SMILES string of the molecule is C#Cc1cc(CN2CCN(C(=O)OCC3c4ccccc4-c4ccccc43)CC2)c(C)c(N)c1C. The lowest BCUT2D eigenvalue weighted by Crippen LogP contribution is -2.48. The second-order valence-corrected chi connectivity index (χ2v) is 9.46. The molecule has 5 rings (SSSR count). The number of terminal acetylenes is 1. The number of hydrogen-bond acceptors (Lipinski definition) is 4. The summed E-state index contributed by atoms with van der Waals surface area (Å²) in [6.45, 7) is 7.97. The van der Waals surface area contributed by atoms with Crippen LogP contribution in [0, 0.1) is 26.2 Å². The Kier molecular flexibility index (Phi) is 6.23. The molecule has 3 aromatic rings. The molecule has 0 saturated carbocycles. The summed E-state index contributed by atoms with van der Waals surface area (Å²) in [6, 6.07) is 18.8. The molecule has 0 unspecified atom stereocenters. The number of ether oxygens (including phenoxy) is 1. The molecule has 0 bridgehead atoms. The highest BCUT2D eigenvalue weighted by Gasteiger charge is 2.30. The van der Waals surface area contributed by atoms with Crippen LogP contribution >= 0.6 is 0 Å². The summed E-state index contributed by atoms with van der Waals surface area (Å²) in [5, 5.41) is 0. The first-order chi connectivity index (χ1) is 17.0. The number of anilines is 1. The third kappa shape index (κ3) is 4.26. The molecular weight excluding hydrogens is 434 g/mol. The predicted octanol–water partition coefficient (Wildman–Crippen LogP) is 4.93. The molecular formula is C30H31N3O2. The Hall–Kier alpha value is -3.75. The Bertz CT molecular complexity index is 1270. The minimum atomic E-state index is -0.239. The third-order valence-electron chi connectivity index (χ3n) is 7.53. The van der Waals surface area contributed by atoms with E-state index in [1.165, 1.54) is 22.3 Å². The van der Waals surface area contributed by atoms with Crippen LogP contribution in [-0.4, -0.2) is 48.7 Å². The van der Waals surface area contributed by atoms with E-state index in [0.29, 0.717) is 19.7 Å². The van der Waals surface area contributed by atoms with E-state index in [1.54, 1.807) is 0 Å². The van der Waals surface area contributed by atoms with Crippen LogP contribution in [0.25, 0.3) is 11.1 Å². The number of fused-ring (bicyclic) bond motifs is 3. The van der Waals surface area contributed by atoms with Gasteiger partial charge >= 0.3 is 6.09 Å². The zero-order chi connectivity index (χ0) is 24.5. The Morgan fingerprint density at radius 1 is 1.00 bits per heavy atom. The number of carbonyl (C=O) groups excluding carboxylic acids is 1. The molecule has 1 amide bonds. The highest BCUT2D eigenvalue weighted by molar-refractivity contribution is 5.79. The average Bonchev–Trinajstić information content (AvgIpc) is 3.21. The highest BCUT2D eigenvalue weighted by Crippen LogP contribution is 2.44. The monoisotopic (exact) mass is 465 g/mol. The second kappa shape index (κ2) is 9.48. The van der Waals surface area contributed by atoms with Crippen LogP contribution in [0.5, 0.6) is 0 Å². The van der Waals surface area contributed by atoms with Crippen molar-refractivity contribution in [3.05, 3.63) is 88.0 Å². The number of piperazine rings is 1. The van der Waals surface area contributed by atoms with E-state index >= 15 is 0 Å². The fraction of sp³-hybridized carbons (Fsp3) is 0.300. The van der Waals surface area contributed by atoms with E-state index in [0.717, 1.165) is 47.6 Å². The van der Waals surface area contributed by atoms with Crippen LogP contribution in [-0.2, 0) is 11.3 Å². The van der Waals surface area contributed by atoms with Crippen LogP contribution < -0.4 is 5.73 Å². The maximum absolute atomic E-state index is 12.9. The molecule has 0 spiro atoms. The van der Waals surface area contributed by atoms with Gasteiger partial charge in [-0.15, -0.1) is 6.42 Å². The molecule has 1 saturated heterocycles. The van der Waals surface area contributed by atoms with E-state index in [9.17, 15) is 4.79 Å². The van der Waals surface area contributed by atoms with Gasteiger partial charge in [0, 0.05) is 49.9 Å². The van der Waals surface area contributed by atoms with E-state index in [-0.39, 0.29) is 12.0 Å². The van der Waals surface area contributed by atoms with Gasteiger partial charge in [0.2, 0.25) is 0 Å². The summed E-state index contributed by atoms with van der Waals surface area (Å²) in [5.41, 5.74) is 16.0. The fourth-order valence-corrected chi connectivity index (χ4v) is 5.32. The minimum Gasteiger partial charge on any atom is -0.448 e. The van der Waals surface area contributed by atoms with Crippen LogP contribution in [0.4, 0.5) is 10.5 Å². The molecule has 0 radical (unpaired) electrons. The van der Waals surface area contributed by atoms with Gasteiger partial charge in [-0.25, -0.2) is 4.79 Å². The normalized spacial score (nSPS) is 15.4. The summed E-state index contributed by atoms with van der Waals surface area (Å²) in [7, 11) is 0. The number of rotatable bonds is 4. The topological polar surface area (TPSA) is 58.8 Å². The molecule has 5 nitrogen and oxygen atoms in total. The fourth-order valence-electron chi connectivity index (χ4n) is 5.32. The van der Waals surface area contributed by atoms with Gasteiger partial charge < -0.3 is 15.4 Å². The molecule has 1 aliphatic carbocycles. The Balaban J connectivity index is 1.19. The van der Waals surface area contributed by atoms with Gasteiger partial charge in [-0.05, 0) is 58.9 Å². The summed E-state index contributed by atoms with van der Waals surface area (Å²) < 4.78 is 5.84. The average molecular weight is 466 g/mol. The van der Waals surface area contributed by atoms with E-state index in [4.69, 9.17) is 16.9 Å². The molecule has 5 heteroatoms. The number of benzene rings is 3. The Labute approximate surface area is 207 Å². The first-order valence-corrected chi connectivity index (χ1v) is 12.2. The number of carbonyl (C=O) groups is 1. The van der Waals surface area contributed by atoms with Crippen LogP contribution in [0.1, 0.15) is 39.3 Å². The van der Waals surface area contributed by atoms with Gasteiger partial charge in [-0.1, -0.05) is 54.5 Å². The van der Waals surface area contributed by atoms with Crippen LogP contribution in [0.2, 0.25) is 0 Å². The van der Waals surface area contributed by atoms with Crippen LogP contribution in [0.15, 0.2) is 54.6 Å². The van der Waals surface area contributed by atoms with Crippen LogP contribution in [0.3, 0.4) is 0 Å². The maximum Gasteiger partial charge on any atom is 0.409 e. The quantitative estimate of drug-likeness (QED) is 0.438. The molecule has 0 atom stereocenters. The van der Waals surface area contributed by atoms with Crippen molar-refractivity contribution in [1.29, 1.82) is 0 Å². The van der Waals surface area contributed by atoms with Crippen molar-refractivity contribution in [2.75, 3.05) is 38.5 Å².